The fraction of sp³-hybridized carbons (Fsp3) is 0.444. The van der Waals surface area contributed by atoms with Gasteiger partial charge in [-0.3, -0.25) is 0 Å². The van der Waals surface area contributed by atoms with E-state index >= 15 is 0 Å². The molecule has 0 fully saturated rings. The minimum atomic E-state index is 0.569. The second kappa shape index (κ2) is 5.40. The number of hydrogen-bond donors (Lipinski definition) is 1. The summed E-state index contributed by atoms with van der Waals surface area (Å²) in [6.45, 7) is 6.99. The Morgan fingerprint density at radius 3 is 2.85 bits per heavy atom. The van der Waals surface area contributed by atoms with E-state index in [0.717, 1.165) is 16.3 Å². The van der Waals surface area contributed by atoms with Crippen LogP contribution in [0.3, 0.4) is 0 Å². The number of H-pyrrole nitrogens is 1. The van der Waals surface area contributed by atoms with Crippen LogP contribution in [0.25, 0.3) is 10.9 Å². The third kappa shape index (κ3) is 2.46. The van der Waals surface area contributed by atoms with E-state index in [4.69, 9.17) is 0 Å². The van der Waals surface area contributed by atoms with E-state index in [1.807, 2.05) is 0 Å². The van der Waals surface area contributed by atoms with Crippen LogP contribution in [0.1, 0.15) is 45.1 Å². The summed E-state index contributed by atoms with van der Waals surface area (Å²) in [5.74, 6) is 2.14. The Morgan fingerprint density at radius 1 is 1.30 bits per heavy atom. The van der Waals surface area contributed by atoms with Crippen LogP contribution in [-0.2, 0) is 0 Å². The Hall–Kier alpha value is -1.02. The van der Waals surface area contributed by atoms with Crippen LogP contribution >= 0.6 is 15.9 Å². The van der Waals surface area contributed by atoms with Crippen molar-refractivity contribution in [1.29, 1.82) is 0 Å². The molecule has 2 aromatic rings. The van der Waals surface area contributed by atoms with Gasteiger partial charge in [0.05, 0.1) is 0 Å². The lowest BCUT2D eigenvalue weighted by atomic mass is 9.74. The standard InChI is InChI=1S/C18H22BrN/c1-11(2)13-5-4-12(3)15(8-13)17-10-20-18-7-6-14(19)9-16(17)18/h4,6-7,9-11,13,15,20H,5,8H2,1-3H3/t13-,15+/m1/s1. The Morgan fingerprint density at radius 2 is 2.10 bits per heavy atom. The predicted molar refractivity (Wildman–Crippen MR) is 90.1 cm³/mol. The highest BCUT2D eigenvalue weighted by Gasteiger charge is 2.26. The van der Waals surface area contributed by atoms with Gasteiger partial charge in [0.25, 0.3) is 0 Å². The number of allylic oxidation sites excluding steroid dienone is 2. The zero-order valence-electron chi connectivity index (χ0n) is 12.4. The lowest BCUT2D eigenvalue weighted by Crippen LogP contribution is -2.17. The number of fused-ring (bicyclic) bond motifs is 1. The van der Waals surface area contributed by atoms with Crippen molar-refractivity contribution < 1.29 is 0 Å². The summed E-state index contributed by atoms with van der Waals surface area (Å²) < 4.78 is 1.16. The maximum atomic E-state index is 3.60. The van der Waals surface area contributed by atoms with E-state index in [0.29, 0.717) is 5.92 Å². The third-order valence-corrected chi connectivity index (χ3v) is 5.32. The zero-order chi connectivity index (χ0) is 14.3. The van der Waals surface area contributed by atoms with Gasteiger partial charge in [-0.05, 0) is 55.4 Å². The molecular weight excluding hydrogens is 310 g/mol. The zero-order valence-corrected chi connectivity index (χ0v) is 14.0. The highest BCUT2D eigenvalue weighted by molar-refractivity contribution is 9.10. The maximum absolute atomic E-state index is 3.60. The van der Waals surface area contributed by atoms with Crippen molar-refractivity contribution in [2.75, 3.05) is 0 Å². The Kier molecular flexibility index (Phi) is 3.76. The average Bonchev–Trinajstić information content (AvgIpc) is 2.82. The van der Waals surface area contributed by atoms with Gasteiger partial charge >= 0.3 is 0 Å². The molecule has 1 nitrogen and oxygen atoms in total. The van der Waals surface area contributed by atoms with Crippen LogP contribution in [0.5, 0.6) is 0 Å². The van der Waals surface area contributed by atoms with Crippen molar-refractivity contribution in [1.82, 2.24) is 4.98 Å². The van der Waals surface area contributed by atoms with Gasteiger partial charge < -0.3 is 4.98 Å². The quantitative estimate of drug-likeness (QED) is 0.647. The van der Waals surface area contributed by atoms with Crippen molar-refractivity contribution in [3.8, 4) is 0 Å². The normalized spacial score (nSPS) is 23.4. The summed E-state index contributed by atoms with van der Waals surface area (Å²) in [6.07, 6.45) is 7.18. The number of hydrogen-bond acceptors (Lipinski definition) is 0. The number of aromatic amines is 1. The molecule has 0 unspecified atom stereocenters. The molecule has 1 aliphatic rings. The third-order valence-electron chi connectivity index (χ3n) is 4.82. The molecule has 0 saturated heterocycles. The molecule has 0 saturated carbocycles. The molecule has 3 rings (SSSR count). The fourth-order valence-corrected chi connectivity index (χ4v) is 3.74. The first kappa shape index (κ1) is 13.9. The van der Waals surface area contributed by atoms with Crippen molar-refractivity contribution in [3.63, 3.8) is 0 Å². The minimum Gasteiger partial charge on any atom is -0.361 e. The molecule has 1 aliphatic carbocycles. The Balaban J connectivity index is 2.03. The highest BCUT2D eigenvalue weighted by atomic mass is 79.9. The molecule has 1 aromatic heterocycles. The molecule has 1 N–H and O–H groups in total. The number of nitrogens with one attached hydrogen (secondary N) is 1. The Bertz CT molecular complexity index is 650. The summed E-state index contributed by atoms with van der Waals surface area (Å²) >= 11 is 3.60. The minimum absolute atomic E-state index is 0.569. The summed E-state index contributed by atoms with van der Waals surface area (Å²) in [7, 11) is 0. The van der Waals surface area contributed by atoms with Gasteiger partial charge in [-0.15, -0.1) is 0 Å². The lowest BCUT2D eigenvalue weighted by molar-refractivity contribution is 0.333. The van der Waals surface area contributed by atoms with Crippen LogP contribution in [0.4, 0.5) is 0 Å². The summed E-state index contributed by atoms with van der Waals surface area (Å²) in [5, 5.41) is 1.36. The monoisotopic (exact) mass is 331 g/mol. The molecule has 1 heterocycles. The molecule has 2 heteroatoms. The summed E-state index contributed by atoms with van der Waals surface area (Å²) in [5.41, 5.74) is 4.23. The maximum Gasteiger partial charge on any atom is 0.0457 e. The topological polar surface area (TPSA) is 15.8 Å². The smallest absolute Gasteiger partial charge is 0.0457 e. The van der Waals surface area contributed by atoms with Gasteiger partial charge in [-0.2, -0.15) is 0 Å². The molecule has 20 heavy (non-hydrogen) atoms. The number of aromatic nitrogens is 1. The second-order valence-corrected chi connectivity index (χ2v) is 7.33. The highest BCUT2D eigenvalue weighted by Crippen LogP contribution is 2.42. The first-order valence-corrected chi connectivity index (χ1v) is 8.28. The van der Waals surface area contributed by atoms with Crippen molar-refractivity contribution in [3.05, 3.63) is 46.1 Å². The summed E-state index contributed by atoms with van der Waals surface area (Å²) in [4.78, 5) is 3.43. The number of rotatable bonds is 2. The van der Waals surface area contributed by atoms with E-state index in [2.05, 4.69) is 72.2 Å². The first-order valence-electron chi connectivity index (χ1n) is 7.49. The van der Waals surface area contributed by atoms with E-state index < -0.39 is 0 Å². The molecular formula is C18H22BrN. The molecule has 0 bridgehead atoms. The molecule has 0 spiro atoms. The molecule has 1 aromatic carbocycles. The summed E-state index contributed by atoms with van der Waals surface area (Å²) in [6, 6.07) is 6.50. The van der Waals surface area contributed by atoms with E-state index in [1.54, 1.807) is 0 Å². The van der Waals surface area contributed by atoms with Gasteiger partial charge in [0.2, 0.25) is 0 Å². The van der Waals surface area contributed by atoms with Gasteiger partial charge in [0.15, 0.2) is 0 Å². The Labute approximate surface area is 129 Å². The molecule has 0 aliphatic heterocycles. The van der Waals surface area contributed by atoms with Gasteiger partial charge in [-0.1, -0.05) is 41.4 Å². The number of halogens is 1. The molecule has 0 radical (unpaired) electrons. The van der Waals surface area contributed by atoms with Crippen molar-refractivity contribution >= 4 is 26.8 Å². The predicted octanol–water partition coefficient (Wildman–Crippen LogP) is 6.03. The molecule has 2 atom stereocenters. The largest absolute Gasteiger partial charge is 0.361 e. The van der Waals surface area contributed by atoms with E-state index in [1.165, 1.54) is 34.9 Å². The van der Waals surface area contributed by atoms with Gasteiger partial charge in [0, 0.05) is 27.5 Å². The van der Waals surface area contributed by atoms with Crippen molar-refractivity contribution in [2.45, 2.75) is 39.5 Å². The van der Waals surface area contributed by atoms with Crippen molar-refractivity contribution in [2.24, 2.45) is 11.8 Å². The van der Waals surface area contributed by atoms with Crippen LogP contribution in [0.2, 0.25) is 0 Å². The lowest BCUT2D eigenvalue weighted by Gasteiger charge is -2.31. The second-order valence-electron chi connectivity index (χ2n) is 6.41. The number of benzene rings is 1. The fourth-order valence-electron chi connectivity index (χ4n) is 3.38. The molecule has 106 valence electrons. The molecule has 0 amide bonds. The average molecular weight is 332 g/mol. The van der Waals surface area contributed by atoms with Crippen LogP contribution < -0.4 is 0 Å². The van der Waals surface area contributed by atoms with Gasteiger partial charge in [-0.25, -0.2) is 0 Å². The van der Waals surface area contributed by atoms with Crippen LogP contribution in [-0.4, -0.2) is 4.98 Å². The van der Waals surface area contributed by atoms with E-state index in [9.17, 15) is 0 Å². The SMILES string of the molecule is CC1=CC[C@@H](C(C)C)C[C@@H]1c1c[nH]c2ccc(Br)cc12. The first-order chi connectivity index (χ1) is 9.56. The van der Waals surface area contributed by atoms with Crippen LogP contribution in [0.15, 0.2) is 40.5 Å². The van der Waals surface area contributed by atoms with Gasteiger partial charge in [0.1, 0.15) is 0 Å². The van der Waals surface area contributed by atoms with E-state index in [-0.39, 0.29) is 0 Å². The van der Waals surface area contributed by atoms with Crippen LogP contribution in [0, 0.1) is 11.8 Å².